The number of rotatable bonds is 2. The first-order valence-corrected chi connectivity index (χ1v) is 4.10. The van der Waals surface area contributed by atoms with Crippen LogP contribution in [0.3, 0.4) is 0 Å². The molecule has 12 heavy (non-hydrogen) atoms. The van der Waals surface area contributed by atoms with Gasteiger partial charge in [-0.05, 0) is 13.5 Å². The Morgan fingerprint density at radius 2 is 2.58 bits per heavy atom. The van der Waals surface area contributed by atoms with Crippen LogP contribution >= 0.6 is 0 Å². The molecule has 1 N–H and O–H groups in total. The van der Waals surface area contributed by atoms with E-state index < -0.39 is 0 Å². The van der Waals surface area contributed by atoms with Crippen molar-refractivity contribution in [2.45, 2.75) is 18.9 Å². The number of nitrogens with one attached hydrogen (secondary N) is 1. The molecule has 0 spiro atoms. The molecule has 0 aromatic carbocycles. The zero-order chi connectivity index (χ0) is 8.97. The van der Waals surface area contributed by atoms with E-state index in [-0.39, 0.29) is 12.3 Å². The third-order valence-electron chi connectivity index (χ3n) is 2.18. The van der Waals surface area contributed by atoms with Crippen molar-refractivity contribution in [1.29, 1.82) is 5.26 Å². The number of likely N-dealkylation sites (N-methyl/N-ethyl adjacent to an activating group) is 1. The molecule has 4 nitrogen and oxygen atoms in total. The minimum Gasteiger partial charge on any atom is -0.340 e. The van der Waals surface area contributed by atoms with Crippen LogP contribution in [0, 0.1) is 11.3 Å². The molecule has 1 amide bonds. The quantitative estimate of drug-likeness (QED) is 0.615. The van der Waals surface area contributed by atoms with Gasteiger partial charge in [0.2, 0.25) is 5.91 Å². The number of amides is 1. The van der Waals surface area contributed by atoms with Gasteiger partial charge in [0.1, 0.15) is 6.42 Å². The molecule has 0 aliphatic carbocycles. The van der Waals surface area contributed by atoms with E-state index >= 15 is 0 Å². The Balaban J connectivity index is 2.37. The second kappa shape index (κ2) is 4.07. The largest absolute Gasteiger partial charge is 0.340 e. The van der Waals surface area contributed by atoms with Crippen LogP contribution in [0.5, 0.6) is 0 Å². The normalized spacial score (nSPS) is 22.3. The highest BCUT2D eigenvalue weighted by atomic mass is 16.2. The van der Waals surface area contributed by atoms with Crippen molar-refractivity contribution in [3.8, 4) is 6.07 Å². The van der Waals surface area contributed by atoms with Crippen LogP contribution in [0.1, 0.15) is 12.8 Å². The third kappa shape index (κ3) is 1.95. The first-order valence-electron chi connectivity index (χ1n) is 4.10. The van der Waals surface area contributed by atoms with Crippen LogP contribution in [-0.4, -0.2) is 37.0 Å². The number of hydrogen-bond donors (Lipinski definition) is 1. The number of likely N-dealkylation sites (tertiary alicyclic amines) is 1. The third-order valence-corrected chi connectivity index (χ3v) is 2.18. The minimum atomic E-state index is -0.0461. The van der Waals surface area contributed by atoms with Crippen molar-refractivity contribution in [1.82, 2.24) is 10.2 Å². The summed E-state index contributed by atoms with van der Waals surface area (Å²) in [5.41, 5.74) is 0. The van der Waals surface area contributed by atoms with Gasteiger partial charge in [-0.15, -0.1) is 0 Å². The lowest BCUT2D eigenvalue weighted by Crippen LogP contribution is -2.33. The molecule has 1 aliphatic rings. The van der Waals surface area contributed by atoms with Crippen molar-refractivity contribution in [3.05, 3.63) is 0 Å². The van der Waals surface area contributed by atoms with Crippen molar-refractivity contribution < 1.29 is 4.79 Å². The van der Waals surface area contributed by atoms with Crippen LogP contribution < -0.4 is 5.32 Å². The zero-order valence-corrected chi connectivity index (χ0v) is 7.21. The molecule has 0 aromatic heterocycles. The predicted octanol–water partition coefficient (Wildman–Crippen LogP) is -0.280. The van der Waals surface area contributed by atoms with Gasteiger partial charge >= 0.3 is 0 Å². The average Bonchev–Trinajstić information content (AvgIpc) is 2.52. The maximum atomic E-state index is 11.2. The van der Waals surface area contributed by atoms with Crippen molar-refractivity contribution in [3.63, 3.8) is 0 Å². The topological polar surface area (TPSA) is 56.1 Å². The SMILES string of the molecule is CNC1CCN(C(=O)CC#N)C1. The fourth-order valence-corrected chi connectivity index (χ4v) is 1.40. The van der Waals surface area contributed by atoms with E-state index in [9.17, 15) is 4.79 Å². The number of hydrogen-bond acceptors (Lipinski definition) is 3. The number of nitrogens with zero attached hydrogens (tertiary/aromatic N) is 2. The highest BCUT2D eigenvalue weighted by Gasteiger charge is 2.24. The Bertz CT molecular complexity index is 209. The smallest absolute Gasteiger partial charge is 0.236 e. The molecule has 66 valence electrons. The van der Waals surface area contributed by atoms with Crippen LogP contribution in [0.15, 0.2) is 0 Å². The molecular weight excluding hydrogens is 154 g/mol. The minimum absolute atomic E-state index is 0.0104. The summed E-state index contributed by atoms with van der Waals surface area (Å²) < 4.78 is 0. The van der Waals surface area contributed by atoms with E-state index in [2.05, 4.69) is 5.32 Å². The lowest BCUT2D eigenvalue weighted by molar-refractivity contribution is -0.129. The number of nitriles is 1. The van der Waals surface area contributed by atoms with Gasteiger partial charge in [0.05, 0.1) is 6.07 Å². The zero-order valence-electron chi connectivity index (χ0n) is 7.21. The van der Waals surface area contributed by atoms with E-state index in [4.69, 9.17) is 5.26 Å². The monoisotopic (exact) mass is 167 g/mol. The maximum Gasteiger partial charge on any atom is 0.236 e. The number of carbonyl (C=O) groups excluding carboxylic acids is 1. The van der Waals surface area contributed by atoms with Gasteiger partial charge < -0.3 is 10.2 Å². The van der Waals surface area contributed by atoms with Crippen LogP contribution in [0.4, 0.5) is 0 Å². The summed E-state index contributed by atoms with van der Waals surface area (Å²) in [7, 11) is 1.89. The summed E-state index contributed by atoms with van der Waals surface area (Å²) in [5.74, 6) is -0.0461. The first-order chi connectivity index (χ1) is 5.77. The van der Waals surface area contributed by atoms with Gasteiger partial charge in [0.15, 0.2) is 0 Å². The van der Waals surface area contributed by atoms with Crippen molar-refractivity contribution >= 4 is 5.91 Å². The van der Waals surface area contributed by atoms with Crippen LogP contribution in [0.25, 0.3) is 0 Å². The number of carbonyl (C=O) groups is 1. The summed E-state index contributed by atoms with van der Waals surface area (Å²) in [6.07, 6.45) is 1.00. The second-order valence-electron chi connectivity index (χ2n) is 2.95. The van der Waals surface area contributed by atoms with E-state index in [0.29, 0.717) is 6.04 Å². The molecule has 0 bridgehead atoms. The lowest BCUT2D eigenvalue weighted by atomic mass is 10.3. The molecule has 1 fully saturated rings. The highest BCUT2D eigenvalue weighted by Crippen LogP contribution is 2.09. The molecule has 1 unspecified atom stereocenters. The lowest BCUT2D eigenvalue weighted by Gasteiger charge is -2.14. The molecular formula is C8H13N3O. The van der Waals surface area contributed by atoms with Crippen molar-refractivity contribution in [2.75, 3.05) is 20.1 Å². The van der Waals surface area contributed by atoms with Crippen LogP contribution in [0.2, 0.25) is 0 Å². The molecule has 1 saturated heterocycles. The van der Waals surface area contributed by atoms with Gasteiger partial charge in [0.25, 0.3) is 0 Å². The summed E-state index contributed by atoms with van der Waals surface area (Å²) in [6.45, 7) is 1.53. The summed E-state index contributed by atoms with van der Waals surface area (Å²) in [4.78, 5) is 12.9. The van der Waals surface area contributed by atoms with Gasteiger partial charge in [0, 0.05) is 19.1 Å². The molecule has 1 heterocycles. The summed E-state index contributed by atoms with van der Waals surface area (Å²) in [6, 6.07) is 2.28. The van der Waals surface area contributed by atoms with Gasteiger partial charge in [-0.25, -0.2) is 0 Å². The Morgan fingerprint density at radius 3 is 3.08 bits per heavy atom. The standard InChI is InChI=1S/C8H13N3O/c1-10-7-3-5-11(6-7)8(12)2-4-9/h7,10H,2-3,5-6H2,1H3. The Labute approximate surface area is 72.2 Å². The summed E-state index contributed by atoms with van der Waals surface area (Å²) in [5, 5.41) is 11.4. The average molecular weight is 167 g/mol. The van der Waals surface area contributed by atoms with E-state index in [1.54, 1.807) is 4.90 Å². The molecule has 0 saturated carbocycles. The second-order valence-corrected chi connectivity index (χ2v) is 2.95. The molecule has 1 aliphatic heterocycles. The Hall–Kier alpha value is -1.08. The van der Waals surface area contributed by atoms with Gasteiger partial charge in [-0.1, -0.05) is 0 Å². The van der Waals surface area contributed by atoms with E-state index in [1.807, 2.05) is 13.1 Å². The highest BCUT2D eigenvalue weighted by molar-refractivity contribution is 5.78. The molecule has 4 heteroatoms. The molecule has 1 atom stereocenters. The van der Waals surface area contributed by atoms with Crippen LogP contribution in [-0.2, 0) is 4.79 Å². The maximum absolute atomic E-state index is 11.2. The predicted molar refractivity (Wildman–Crippen MR) is 44.3 cm³/mol. The first kappa shape index (κ1) is 9.01. The van der Waals surface area contributed by atoms with Crippen molar-refractivity contribution in [2.24, 2.45) is 0 Å². The molecule has 1 rings (SSSR count). The molecule has 0 radical (unpaired) electrons. The Morgan fingerprint density at radius 1 is 1.83 bits per heavy atom. The Kier molecular flexibility index (Phi) is 3.06. The fourth-order valence-electron chi connectivity index (χ4n) is 1.40. The van der Waals surface area contributed by atoms with E-state index in [1.165, 1.54) is 0 Å². The van der Waals surface area contributed by atoms with Gasteiger partial charge in [-0.2, -0.15) is 5.26 Å². The van der Waals surface area contributed by atoms with Gasteiger partial charge in [-0.3, -0.25) is 4.79 Å². The van der Waals surface area contributed by atoms with E-state index in [0.717, 1.165) is 19.5 Å². The summed E-state index contributed by atoms with van der Waals surface area (Å²) >= 11 is 0. The molecule has 0 aromatic rings. The fraction of sp³-hybridized carbons (Fsp3) is 0.750.